The van der Waals surface area contributed by atoms with Crippen LogP contribution < -0.4 is 10.9 Å². The molecule has 0 spiro atoms. The fraction of sp³-hybridized carbons (Fsp3) is 0.333. The molecule has 2 N–H and O–H groups in total. The first-order valence-electron chi connectivity index (χ1n) is 8.00. The minimum Gasteiger partial charge on any atom is -0.381 e. The average Bonchev–Trinajstić information content (AvgIpc) is 2.63. The van der Waals surface area contributed by atoms with Crippen molar-refractivity contribution in [2.24, 2.45) is 0 Å². The summed E-state index contributed by atoms with van der Waals surface area (Å²) in [5.41, 5.74) is 0.280. The third-order valence-corrected chi connectivity index (χ3v) is 4.88. The molecule has 1 aromatic heterocycles. The highest BCUT2D eigenvalue weighted by Gasteiger charge is 2.35. The number of nitrogens with one attached hydrogen (secondary N) is 2. The minimum atomic E-state index is -0.445. The van der Waals surface area contributed by atoms with E-state index in [0.29, 0.717) is 32.6 Å². The Bertz CT molecular complexity index is 831. The zero-order valence-electron chi connectivity index (χ0n) is 13.5. The zero-order valence-corrected chi connectivity index (χ0v) is 14.2. The number of H-pyrrole nitrogens is 1. The van der Waals surface area contributed by atoms with E-state index >= 15 is 0 Å². The average molecular weight is 365 g/mol. The van der Waals surface area contributed by atoms with E-state index in [-0.39, 0.29) is 27.7 Å². The molecule has 5 nitrogen and oxygen atoms in total. The van der Waals surface area contributed by atoms with Crippen molar-refractivity contribution in [3.05, 3.63) is 68.8 Å². The van der Waals surface area contributed by atoms with Crippen LogP contribution in [0, 0.1) is 5.82 Å². The fourth-order valence-corrected chi connectivity index (χ4v) is 3.26. The molecule has 0 radical (unpaired) electrons. The maximum absolute atomic E-state index is 13.7. The number of halogens is 2. The van der Waals surface area contributed by atoms with E-state index in [9.17, 15) is 14.0 Å². The molecule has 1 saturated heterocycles. The molecule has 3 rings (SSSR count). The van der Waals surface area contributed by atoms with Crippen LogP contribution in [0.1, 0.15) is 28.8 Å². The summed E-state index contributed by atoms with van der Waals surface area (Å²) in [7, 11) is 0. The van der Waals surface area contributed by atoms with Crippen molar-refractivity contribution >= 4 is 17.5 Å². The maximum atomic E-state index is 13.7. The van der Waals surface area contributed by atoms with Crippen molar-refractivity contribution in [1.29, 1.82) is 0 Å². The Morgan fingerprint density at radius 1 is 1.32 bits per heavy atom. The molecule has 1 aliphatic heterocycles. The zero-order chi connectivity index (χ0) is 17.9. The quantitative estimate of drug-likeness (QED) is 0.876. The first-order chi connectivity index (χ1) is 12.0. The predicted molar refractivity (Wildman–Crippen MR) is 92.5 cm³/mol. The van der Waals surface area contributed by atoms with E-state index in [2.05, 4.69) is 10.3 Å². The van der Waals surface area contributed by atoms with Crippen molar-refractivity contribution < 1.29 is 13.9 Å². The molecular weight excluding hydrogens is 347 g/mol. The van der Waals surface area contributed by atoms with Crippen LogP contribution in [0.2, 0.25) is 5.02 Å². The van der Waals surface area contributed by atoms with Crippen LogP contribution in [-0.2, 0) is 10.2 Å². The molecule has 0 unspecified atom stereocenters. The third kappa shape index (κ3) is 3.91. The lowest BCUT2D eigenvalue weighted by atomic mass is 9.74. The van der Waals surface area contributed by atoms with E-state index < -0.39 is 5.56 Å². The molecule has 132 valence electrons. The van der Waals surface area contributed by atoms with Gasteiger partial charge in [0.1, 0.15) is 10.8 Å². The first kappa shape index (κ1) is 17.6. The molecule has 1 fully saturated rings. The molecular formula is C18H18ClFN2O3. The van der Waals surface area contributed by atoms with Gasteiger partial charge in [-0.2, -0.15) is 0 Å². The van der Waals surface area contributed by atoms with Gasteiger partial charge in [-0.15, -0.1) is 0 Å². The van der Waals surface area contributed by atoms with Crippen LogP contribution in [0.5, 0.6) is 0 Å². The monoisotopic (exact) mass is 364 g/mol. The Labute approximate surface area is 149 Å². The molecule has 0 saturated carbocycles. The largest absolute Gasteiger partial charge is 0.381 e. The van der Waals surface area contributed by atoms with E-state index in [1.807, 2.05) is 6.07 Å². The van der Waals surface area contributed by atoms with Crippen molar-refractivity contribution in [1.82, 2.24) is 10.3 Å². The molecule has 1 aromatic carbocycles. The highest BCUT2D eigenvalue weighted by molar-refractivity contribution is 6.30. The lowest BCUT2D eigenvalue weighted by Crippen LogP contribution is -2.44. The Balaban J connectivity index is 1.80. The first-order valence-corrected chi connectivity index (χ1v) is 8.38. The number of hydrogen-bond donors (Lipinski definition) is 2. The number of carbonyl (C=O) groups excluding carboxylic acids is 1. The third-order valence-electron chi connectivity index (χ3n) is 4.59. The van der Waals surface area contributed by atoms with Crippen molar-refractivity contribution in [3.63, 3.8) is 0 Å². The Hall–Kier alpha value is -2.18. The second-order valence-electron chi connectivity index (χ2n) is 6.15. The van der Waals surface area contributed by atoms with Gasteiger partial charge in [-0.1, -0.05) is 23.7 Å². The predicted octanol–water partition coefficient (Wildman–Crippen LogP) is 2.65. The van der Waals surface area contributed by atoms with Crippen LogP contribution in [0.15, 0.2) is 41.3 Å². The summed E-state index contributed by atoms with van der Waals surface area (Å²) < 4.78 is 19.1. The summed E-state index contributed by atoms with van der Waals surface area (Å²) in [6.45, 7) is 1.45. The van der Waals surface area contributed by atoms with Crippen molar-refractivity contribution in [3.8, 4) is 0 Å². The summed E-state index contributed by atoms with van der Waals surface area (Å²) >= 11 is 5.77. The number of rotatable bonds is 4. The number of hydrogen-bond acceptors (Lipinski definition) is 3. The topological polar surface area (TPSA) is 71.2 Å². The lowest BCUT2D eigenvalue weighted by molar-refractivity contribution is 0.0486. The Morgan fingerprint density at radius 2 is 2.08 bits per heavy atom. The molecule has 1 amide bonds. The molecule has 1 aliphatic rings. The summed E-state index contributed by atoms with van der Waals surface area (Å²) in [5.74, 6) is -0.650. The number of pyridine rings is 1. The number of carbonyl (C=O) groups is 1. The normalized spacial score (nSPS) is 16.4. The molecule has 0 bridgehead atoms. The van der Waals surface area contributed by atoms with Crippen LogP contribution in [0.4, 0.5) is 4.39 Å². The van der Waals surface area contributed by atoms with E-state index in [4.69, 9.17) is 16.3 Å². The van der Waals surface area contributed by atoms with Crippen LogP contribution in [-0.4, -0.2) is 30.6 Å². The van der Waals surface area contributed by atoms with Gasteiger partial charge >= 0.3 is 0 Å². The highest BCUT2D eigenvalue weighted by atomic mass is 35.5. The van der Waals surface area contributed by atoms with Gasteiger partial charge in [0.2, 0.25) is 0 Å². The van der Waals surface area contributed by atoms with Gasteiger partial charge in [0.25, 0.3) is 11.5 Å². The van der Waals surface area contributed by atoms with Crippen LogP contribution in [0.25, 0.3) is 0 Å². The van der Waals surface area contributed by atoms with Gasteiger partial charge in [-0.05, 0) is 36.6 Å². The van der Waals surface area contributed by atoms with Crippen LogP contribution >= 0.6 is 11.6 Å². The second-order valence-corrected chi connectivity index (χ2v) is 6.56. The lowest BCUT2D eigenvalue weighted by Gasteiger charge is -2.38. The van der Waals surface area contributed by atoms with E-state index in [1.54, 1.807) is 6.07 Å². The summed E-state index contributed by atoms with van der Waals surface area (Å²) in [6, 6.07) is 7.78. The fourth-order valence-electron chi connectivity index (χ4n) is 3.09. The number of ether oxygens (including phenoxy) is 1. The summed E-state index contributed by atoms with van der Waals surface area (Å²) in [5, 5.41) is 2.83. The Kier molecular flexibility index (Phi) is 5.20. The van der Waals surface area contributed by atoms with Crippen LogP contribution in [0.3, 0.4) is 0 Å². The molecule has 2 heterocycles. The summed E-state index contributed by atoms with van der Waals surface area (Å²) in [4.78, 5) is 26.1. The number of benzene rings is 1. The number of amides is 1. The van der Waals surface area contributed by atoms with Gasteiger partial charge < -0.3 is 15.0 Å². The van der Waals surface area contributed by atoms with Gasteiger partial charge in [0.15, 0.2) is 0 Å². The van der Waals surface area contributed by atoms with Crippen molar-refractivity contribution in [2.75, 3.05) is 19.8 Å². The highest BCUT2D eigenvalue weighted by Crippen LogP contribution is 2.34. The van der Waals surface area contributed by atoms with Gasteiger partial charge in [-0.3, -0.25) is 9.59 Å². The smallest absolute Gasteiger partial charge is 0.266 e. The van der Waals surface area contributed by atoms with E-state index in [0.717, 1.165) is 5.56 Å². The standard InChI is InChI=1S/C18H18ClFN2O3/c19-15-8-12(10-21-17(15)24)16(23)22-11-18(4-6-25-7-5-18)13-2-1-3-14(20)9-13/h1-3,8-10H,4-7,11H2,(H,21,24)(H,22,23). The Morgan fingerprint density at radius 3 is 2.76 bits per heavy atom. The SMILES string of the molecule is O=C(NCC1(c2cccc(F)c2)CCOCC1)c1c[nH]c(=O)c(Cl)c1. The molecule has 0 aliphatic carbocycles. The second kappa shape index (κ2) is 7.37. The number of aromatic amines is 1. The van der Waals surface area contributed by atoms with Crippen molar-refractivity contribution in [2.45, 2.75) is 18.3 Å². The minimum absolute atomic E-state index is 0.0430. The molecule has 0 atom stereocenters. The van der Waals surface area contributed by atoms with Gasteiger partial charge in [0.05, 0.1) is 5.56 Å². The molecule has 2 aromatic rings. The number of aromatic nitrogens is 1. The molecule has 25 heavy (non-hydrogen) atoms. The van der Waals surface area contributed by atoms with Gasteiger partial charge in [-0.25, -0.2) is 4.39 Å². The molecule has 7 heteroatoms. The van der Waals surface area contributed by atoms with E-state index in [1.165, 1.54) is 24.4 Å². The van der Waals surface area contributed by atoms with Gasteiger partial charge in [0, 0.05) is 31.4 Å². The summed E-state index contributed by atoms with van der Waals surface area (Å²) in [6.07, 6.45) is 2.69. The maximum Gasteiger partial charge on any atom is 0.266 e.